The average molecular weight is 256 g/mol. The van der Waals surface area contributed by atoms with Gasteiger partial charge in [-0.2, -0.15) is 0 Å². The van der Waals surface area contributed by atoms with Crippen LogP contribution in [0.4, 0.5) is 5.69 Å². The van der Waals surface area contributed by atoms with Crippen LogP contribution in [0.15, 0.2) is 29.2 Å². The van der Waals surface area contributed by atoms with Crippen molar-refractivity contribution in [3.05, 3.63) is 24.3 Å². The molecule has 0 aliphatic carbocycles. The number of carbonyl (C=O) groups excluding carboxylic acids is 1. The van der Waals surface area contributed by atoms with Gasteiger partial charge in [0, 0.05) is 11.6 Å². The maximum atomic E-state index is 11.5. The van der Waals surface area contributed by atoms with E-state index >= 15 is 0 Å². The third kappa shape index (κ3) is 3.54. The molecule has 0 fully saturated rings. The van der Waals surface area contributed by atoms with Crippen LogP contribution in [-0.2, 0) is 14.8 Å². The number of amides is 1. The highest BCUT2D eigenvalue weighted by Gasteiger charge is 2.13. The number of anilines is 1. The second kappa shape index (κ2) is 5.29. The molecule has 0 bridgehead atoms. The Balaban J connectivity index is 2.99. The number of sulfonamides is 1. The van der Waals surface area contributed by atoms with Gasteiger partial charge < -0.3 is 5.32 Å². The highest BCUT2D eigenvalue weighted by Crippen LogP contribution is 2.15. The molecule has 0 aliphatic rings. The lowest BCUT2D eigenvalue weighted by molar-refractivity contribution is -0.118. The summed E-state index contributed by atoms with van der Waals surface area (Å²) in [6.45, 7) is 3.53. The fraction of sp³-hybridized carbons (Fsp3) is 0.364. The van der Waals surface area contributed by atoms with Crippen molar-refractivity contribution in [3.63, 3.8) is 0 Å². The topological polar surface area (TPSA) is 75.3 Å². The second-order valence-electron chi connectivity index (χ2n) is 3.88. The van der Waals surface area contributed by atoms with Gasteiger partial charge in [0.25, 0.3) is 0 Å². The molecule has 6 heteroatoms. The maximum absolute atomic E-state index is 11.5. The van der Waals surface area contributed by atoms with Gasteiger partial charge in [0.1, 0.15) is 0 Å². The summed E-state index contributed by atoms with van der Waals surface area (Å²) in [6, 6.07) is 6.12. The summed E-state index contributed by atoms with van der Waals surface area (Å²) in [5.74, 6) is -0.302. The van der Waals surface area contributed by atoms with Crippen molar-refractivity contribution in [2.75, 3.05) is 12.4 Å². The molecular formula is C11H16N2O3S. The largest absolute Gasteiger partial charge is 0.326 e. The molecule has 1 rings (SSSR count). The first kappa shape index (κ1) is 13.7. The Morgan fingerprint density at radius 3 is 2.47 bits per heavy atom. The fourth-order valence-electron chi connectivity index (χ4n) is 1.15. The van der Waals surface area contributed by atoms with Crippen molar-refractivity contribution < 1.29 is 13.2 Å². The van der Waals surface area contributed by atoms with E-state index in [2.05, 4.69) is 10.0 Å². The van der Waals surface area contributed by atoms with Crippen LogP contribution in [0.1, 0.15) is 13.8 Å². The van der Waals surface area contributed by atoms with Crippen molar-refractivity contribution in [2.24, 2.45) is 5.92 Å². The van der Waals surface area contributed by atoms with E-state index < -0.39 is 10.0 Å². The van der Waals surface area contributed by atoms with Crippen LogP contribution < -0.4 is 10.0 Å². The lowest BCUT2D eigenvalue weighted by Crippen LogP contribution is -2.20. The molecule has 0 spiro atoms. The van der Waals surface area contributed by atoms with E-state index in [1.54, 1.807) is 26.0 Å². The van der Waals surface area contributed by atoms with Crippen LogP contribution in [0.2, 0.25) is 0 Å². The molecule has 0 radical (unpaired) electrons. The first-order valence-electron chi connectivity index (χ1n) is 5.21. The third-order valence-corrected chi connectivity index (χ3v) is 3.62. The van der Waals surface area contributed by atoms with Gasteiger partial charge in [-0.15, -0.1) is 0 Å². The van der Waals surface area contributed by atoms with E-state index in [4.69, 9.17) is 0 Å². The van der Waals surface area contributed by atoms with Crippen molar-refractivity contribution in [3.8, 4) is 0 Å². The molecule has 0 saturated heterocycles. The first-order chi connectivity index (χ1) is 7.86. The standard InChI is InChI=1S/C11H16N2O3S/c1-8(2)11(14)13-9-5-4-6-10(7-9)17(15,16)12-3/h4-8,12H,1-3H3,(H,13,14). The van der Waals surface area contributed by atoms with Gasteiger partial charge in [0.05, 0.1) is 4.90 Å². The highest BCUT2D eigenvalue weighted by atomic mass is 32.2. The highest BCUT2D eigenvalue weighted by molar-refractivity contribution is 7.89. The minimum atomic E-state index is -3.48. The zero-order valence-corrected chi connectivity index (χ0v) is 10.8. The SMILES string of the molecule is CNS(=O)(=O)c1cccc(NC(=O)C(C)C)c1. The number of carbonyl (C=O) groups is 1. The predicted octanol–water partition coefficient (Wildman–Crippen LogP) is 1.19. The van der Waals surface area contributed by atoms with Crippen molar-refractivity contribution in [1.29, 1.82) is 0 Å². The van der Waals surface area contributed by atoms with E-state index in [1.165, 1.54) is 19.2 Å². The number of hydrogen-bond donors (Lipinski definition) is 2. The average Bonchev–Trinajstić information content (AvgIpc) is 2.29. The number of rotatable bonds is 4. The number of hydrogen-bond acceptors (Lipinski definition) is 3. The third-order valence-electron chi connectivity index (χ3n) is 2.20. The van der Waals surface area contributed by atoms with Crippen LogP contribution in [0, 0.1) is 5.92 Å². The van der Waals surface area contributed by atoms with E-state index in [9.17, 15) is 13.2 Å². The summed E-state index contributed by atoms with van der Waals surface area (Å²) in [4.78, 5) is 11.6. The van der Waals surface area contributed by atoms with Crippen LogP contribution in [-0.4, -0.2) is 21.4 Å². The number of nitrogens with one attached hydrogen (secondary N) is 2. The van der Waals surface area contributed by atoms with Gasteiger partial charge in [-0.3, -0.25) is 4.79 Å². The zero-order valence-electron chi connectivity index (χ0n) is 10.0. The summed E-state index contributed by atoms with van der Waals surface area (Å²) in [5, 5.41) is 2.65. The Kier molecular flexibility index (Phi) is 4.25. The second-order valence-corrected chi connectivity index (χ2v) is 5.77. The number of benzene rings is 1. The molecule has 1 aromatic carbocycles. The predicted molar refractivity (Wildman–Crippen MR) is 66.2 cm³/mol. The van der Waals surface area contributed by atoms with Crippen LogP contribution in [0.5, 0.6) is 0 Å². The molecule has 17 heavy (non-hydrogen) atoms. The van der Waals surface area contributed by atoms with Crippen molar-refractivity contribution in [2.45, 2.75) is 18.7 Å². The zero-order chi connectivity index (χ0) is 13.1. The van der Waals surface area contributed by atoms with E-state index in [0.29, 0.717) is 5.69 Å². The van der Waals surface area contributed by atoms with Crippen LogP contribution in [0.25, 0.3) is 0 Å². The molecule has 0 aromatic heterocycles. The Morgan fingerprint density at radius 1 is 1.29 bits per heavy atom. The Hall–Kier alpha value is -1.40. The molecule has 1 amide bonds. The van der Waals surface area contributed by atoms with E-state index in [0.717, 1.165) is 0 Å². The molecule has 0 heterocycles. The Morgan fingerprint density at radius 2 is 1.94 bits per heavy atom. The minimum absolute atomic E-state index is 0.126. The van der Waals surface area contributed by atoms with Gasteiger partial charge in [0.2, 0.25) is 15.9 Å². The molecule has 0 aliphatic heterocycles. The van der Waals surface area contributed by atoms with Gasteiger partial charge >= 0.3 is 0 Å². The quantitative estimate of drug-likeness (QED) is 0.849. The van der Waals surface area contributed by atoms with Crippen LogP contribution in [0.3, 0.4) is 0 Å². The summed E-state index contributed by atoms with van der Waals surface area (Å²) in [5.41, 5.74) is 0.472. The van der Waals surface area contributed by atoms with Gasteiger partial charge in [0.15, 0.2) is 0 Å². The first-order valence-corrected chi connectivity index (χ1v) is 6.69. The smallest absolute Gasteiger partial charge is 0.240 e. The summed E-state index contributed by atoms with van der Waals surface area (Å²) in [6.07, 6.45) is 0. The van der Waals surface area contributed by atoms with Crippen LogP contribution >= 0.6 is 0 Å². The molecule has 5 nitrogen and oxygen atoms in total. The molecule has 94 valence electrons. The molecule has 2 N–H and O–H groups in total. The lowest BCUT2D eigenvalue weighted by Gasteiger charge is -2.09. The van der Waals surface area contributed by atoms with Gasteiger partial charge in [-0.05, 0) is 25.2 Å². The van der Waals surface area contributed by atoms with Gasteiger partial charge in [-0.25, -0.2) is 13.1 Å². The normalized spacial score (nSPS) is 11.5. The monoisotopic (exact) mass is 256 g/mol. The molecule has 0 saturated carbocycles. The maximum Gasteiger partial charge on any atom is 0.240 e. The fourth-order valence-corrected chi connectivity index (χ4v) is 1.92. The van der Waals surface area contributed by atoms with E-state index in [1.807, 2.05) is 0 Å². The lowest BCUT2D eigenvalue weighted by atomic mass is 10.2. The van der Waals surface area contributed by atoms with E-state index in [-0.39, 0.29) is 16.7 Å². The van der Waals surface area contributed by atoms with Gasteiger partial charge in [-0.1, -0.05) is 19.9 Å². The molecule has 0 atom stereocenters. The summed E-state index contributed by atoms with van der Waals surface area (Å²) in [7, 11) is -2.14. The van der Waals surface area contributed by atoms with Crippen molar-refractivity contribution >= 4 is 21.6 Å². The molecule has 1 aromatic rings. The summed E-state index contributed by atoms with van der Waals surface area (Å²) < 4.78 is 25.3. The summed E-state index contributed by atoms with van der Waals surface area (Å²) >= 11 is 0. The Labute approximate surface area is 101 Å². The molecular weight excluding hydrogens is 240 g/mol. The van der Waals surface area contributed by atoms with Crippen molar-refractivity contribution in [1.82, 2.24) is 4.72 Å². The minimum Gasteiger partial charge on any atom is -0.326 e. The Bertz CT molecular complexity index is 509. The molecule has 0 unspecified atom stereocenters.